The van der Waals surface area contributed by atoms with Crippen LogP contribution in [0.3, 0.4) is 0 Å². The lowest BCUT2D eigenvalue weighted by Crippen LogP contribution is -2.33. The van der Waals surface area contributed by atoms with Gasteiger partial charge in [-0.3, -0.25) is 9.59 Å². The van der Waals surface area contributed by atoms with Crippen LogP contribution in [0.1, 0.15) is 20.3 Å². The normalized spacial score (nSPS) is 20.1. The number of anilines is 1. The van der Waals surface area contributed by atoms with Crippen LogP contribution in [0.25, 0.3) is 0 Å². The highest BCUT2D eigenvalue weighted by Gasteiger charge is 2.35. The number of nitrogens with one attached hydrogen (secondary N) is 2. The molecule has 2 N–H and O–H groups in total. The molecule has 1 aliphatic heterocycles. The van der Waals surface area contributed by atoms with E-state index in [9.17, 15) is 9.59 Å². The molecule has 0 bridgehead atoms. The lowest BCUT2D eigenvalue weighted by atomic mass is 10.1. The Morgan fingerprint density at radius 1 is 1.65 bits per heavy atom. The second-order valence-electron chi connectivity index (χ2n) is 4.39. The molecule has 0 aromatic carbocycles. The summed E-state index contributed by atoms with van der Waals surface area (Å²) < 4.78 is 0. The fourth-order valence-corrected chi connectivity index (χ4v) is 1.90. The number of nitrogens with zero attached hydrogens (tertiary/aromatic N) is 3. The molecule has 7 nitrogen and oxygen atoms in total. The summed E-state index contributed by atoms with van der Waals surface area (Å²) in [6.45, 7) is 4.35. The number of rotatable bonds is 3. The Labute approximate surface area is 98.6 Å². The maximum Gasteiger partial charge on any atom is 0.231 e. The maximum atomic E-state index is 11.9. The number of carbonyl (C=O) groups is 2. The van der Waals surface area contributed by atoms with E-state index in [4.69, 9.17) is 0 Å². The third-order valence-corrected chi connectivity index (χ3v) is 2.82. The second-order valence-corrected chi connectivity index (χ2v) is 4.39. The molecule has 0 radical (unpaired) electrons. The topological polar surface area (TPSA) is 91.0 Å². The zero-order chi connectivity index (χ0) is 12.4. The highest BCUT2D eigenvalue weighted by Crippen LogP contribution is 2.21. The van der Waals surface area contributed by atoms with Crippen molar-refractivity contribution in [3.05, 3.63) is 6.20 Å². The minimum Gasteiger partial charge on any atom is -0.339 e. The molecule has 1 atom stereocenters. The standard InChI is InChI=1S/C10H15N5O2/c1-6(2)15-5-7(3-9(15)16)10(17)12-8-4-11-14-13-8/h4,6-7H,3,5H2,1-2H3,(H2,11,12,13,14,17). The number of aromatic nitrogens is 3. The molecular formula is C10H15N5O2. The Kier molecular flexibility index (Phi) is 3.08. The molecular weight excluding hydrogens is 222 g/mol. The van der Waals surface area contributed by atoms with Crippen LogP contribution >= 0.6 is 0 Å². The highest BCUT2D eigenvalue weighted by molar-refractivity contribution is 5.96. The van der Waals surface area contributed by atoms with E-state index in [2.05, 4.69) is 20.7 Å². The maximum absolute atomic E-state index is 11.9. The Hall–Kier alpha value is -1.92. The van der Waals surface area contributed by atoms with Gasteiger partial charge in [0, 0.05) is 19.0 Å². The number of hydrogen-bond donors (Lipinski definition) is 2. The number of likely N-dealkylation sites (tertiary alicyclic amines) is 1. The lowest BCUT2D eigenvalue weighted by molar-refractivity contribution is -0.129. The summed E-state index contributed by atoms with van der Waals surface area (Å²) in [5, 5.41) is 12.4. The van der Waals surface area contributed by atoms with Gasteiger partial charge in [-0.05, 0) is 13.8 Å². The molecule has 1 aromatic heterocycles. The van der Waals surface area contributed by atoms with Gasteiger partial charge in [-0.15, -0.1) is 5.10 Å². The Morgan fingerprint density at radius 2 is 2.41 bits per heavy atom. The van der Waals surface area contributed by atoms with Crippen LogP contribution in [0.4, 0.5) is 5.82 Å². The zero-order valence-electron chi connectivity index (χ0n) is 9.80. The molecule has 1 unspecified atom stereocenters. The average molecular weight is 237 g/mol. The first-order chi connectivity index (χ1) is 8.08. The van der Waals surface area contributed by atoms with Crippen molar-refractivity contribution in [3.63, 3.8) is 0 Å². The summed E-state index contributed by atoms with van der Waals surface area (Å²) in [7, 11) is 0. The van der Waals surface area contributed by atoms with Crippen LogP contribution < -0.4 is 5.32 Å². The molecule has 0 aliphatic carbocycles. The van der Waals surface area contributed by atoms with Crippen LogP contribution in [0, 0.1) is 5.92 Å². The van der Waals surface area contributed by atoms with Crippen molar-refractivity contribution < 1.29 is 9.59 Å². The van der Waals surface area contributed by atoms with Gasteiger partial charge in [-0.1, -0.05) is 0 Å². The molecule has 92 valence electrons. The molecule has 1 aliphatic rings. The smallest absolute Gasteiger partial charge is 0.231 e. The van der Waals surface area contributed by atoms with E-state index >= 15 is 0 Å². The van der Waals surface area contributed by atoms with Crippen molar-refractivity contribution in [2.45, 2.75) is 26.3 Å². The lowest BCUT2D eigenvalue weighted by Gasteiger charge is -2.20. The minimum atomic E-state index is -0.304. The van der Waals surface area contributed by atoms with E-state index in [1.807, 2.05) is 13.8 Å². The summed E-state index contributed by atoms with van der Waals surface area (Å²) in [5.41, 5.74) is 0. The molecule has 1 fully saturated rings. The summed E-state index contributed by atoms with van der Waals surface area (Å²) in [6.07, 6.45) is 1.69. The third kappa shape index (κ3) is 2.43. The van der Waals surface area contributed by atoms with E-state index in [-0.39, 0.29) is 30.2 Å². The summed E-state index contributed by atoms with van der Waals surface area (Å²) in [5.74, 6) is -0.0808. The molecule has 7 heteroatoms. The van der Waals surface area contributed by atoms with Crippen LogP contribution in [-0.2, 0) is 9.59 Å². The molecule has 1 aromatic rings. The molecule has 17 heavy (non-hydrogen) atoms. The van der Waals surface area contributed by atoms with Gasteiger partial charge in [0.05, 0.1) is 12.1 Å². The number of hydrogen-bond acceptors (Lipinski definition) is 4. The first-order valence-electron chi connectivity index (χ1n) is 5.54. The van der Waals surface area contributed by atoms with Crippen molar-refractivity contribution in [3.8, 4) is 0 Å². The van der Waals surface area contributed by atoms with E-state index in [1.165, 1.54) is 6.20 Å². The van der Waals surface area contributed by atoms with Crippen LogP contribution in [-0.4, -0.2) is 44.7 Å². The third-order valence-electron chi connectivity index (χ3n) is 2.82. The van der Waals surface area contributed by atoms with Crippen LogP contribution in [0.15, 0.2) is 6.20 Å². The number of aromatic amines is 1. The zero-order valence-corrected chi connectivity index (χ0v) is 9.80. The molecule has 2 rings (SSSR count). The van der Waals surface area contributed by atoms with Crippen molar-refractivity contribution >= 4 is 17.6 Å². The first kappa shape index (κ1) is 11.6. The molecule has 2 amide bonds. The second kappa shape index (κ2) is 4.52. The molecule has 2 heterocycles. The Balaban J connectivity index is 1.96. The molecule has 1 saturated heterocycles. The van der Waals surface area contributed by atoms with Gasteiger partial charge in [0.2, 0.25) is 11.8 Å². The Morgan fingerprint density at radius 3 is 2.94 bits per heavy atom. The summed E-state index contributed by atoms with van der Waals surface area (Å²) >= 11 is 0. The quantitative estimate of drug-likeness (QED) is 0.774. The summed E-state index contributed by atoms with van der Waals surface area (Å²) in [4.78, 5) is 25.2. The minimum absolute atomic E-state index is 0.0281. The van der Waals surface area contributed by atoms with E-state index in [1.54, 1.807) is 4.90 Å². The largest absolute Gasteiger partial charge is 0.339 e. The van der Waals surface area contributed by atoms with Gasteiger partial charge in [0.25, 0.3) is 0 Å². The monoisotopic (exact) mass is 237 g/mol. The fourth-order valence-electron chi connectivity index (χ4n) is 1.90. The van der Waals surface area contributed by atoms with Crippen molar-refractivity contribution in [2.24, 2.45) is 5.92 Å². The number of H-pyrrole nitrogens is 1. The van der Waals surface area contributed by atoms with E-state index < -0.39 is 0 Å². The fraction of sp³-hybridized carbons (Fsp3) is 0.600. The van der Waals surface area contributed by atoms with Crippen molar-refractivity contribution in [1.29, 1.82) is 0 Å². The van der Waals surface area contributed by atoms with Gasteiger partial charge in [-0.25, -0.2) is 0 Å². The van der Waals surface area contributed by atoms with Crippen LogP contribution in [0.2, 0.25) is 0 Å². The van der Waals surface area contributed by atoms with Gasteiger partial charge in [-0.2, -0.15) is 10.3 Å². The van der Waals surface area contributed by atoms with E-state index in [0.717, 1.165) is 0 Å². The van der Waals surface area contributed by atoms with Crippen molar-refractivity contribution in [2.75, 3.05) is 11.9 Å². The van der Waals surface area contributed by atoms with Gasteiger partial charge in [0.1, 0.15) is 0 Å². The van der Waals surface area contributed by atoms with Crippen LogP contribution in [0.5, 0.6) is 0 Å². The van der Waals surface area contributed by atoms with Crippen molar-refractivity contribution in [1.82, 2.24) is 20.3 Å². The number of amides is 2. The van der Waals surface area contributed by atoms with Gasteiger partial charge >= 0.3 is 0 Å². The van der Waals surface area contributed by atoms with Gasteiger partial charge < -0.3 is 10.2 Å². The van der Waals surface area contributed by atoms with Gasteiger partial charge in [0.15, 0.2) is 5.82 Å². The number of carbonyl (C=O) groups excluding carboxylic acids is 2. The first-order valence-corrected chi connectivity index (χ1v) is 5.54. The average Bonchev–Trinajstić information content (AvgIpc) is 2.86. The molecule has 0 saturated carbocycles. The summed E-state index contributed by atoms with van der Waals surface area (Å²) in [6, 6.07) is 0.132. The molecule has 0 spiro atoms. The Bertz CT molecular complexity index is 414. The van der Waals surface area contributed by atoms with E-state index in [0.29, 0.717) is 12.4 Å². The predicted octanol–water partition coefficient (Wildman–Crippen LogP) is 0.000100. The highest BCUT2D eigenvalue weighted by atomic mass is 16.2. The SMILES string of the molecule is CC(C)N1CC(C(=O)Nc2cn[nH]n2)CC1=O. The predicted molar refractivity (Wildman–Crippen MR) is 60.0 cm³/mol.